The molecule has 0 aliphatic carbocycles. The van der Waals surface area contributed by atoms with E-state index in [2.05, 4.69) is 5.32 Å². The van der Waals surface area contributed by atoms with Crippen LogP contribution in [-0.4, -0.2) is 32.0 Å². The van der Waals surface area contributed by atoms with Gasteiger partial charge in [-0.3, -0.25) is 9.59 Å². The van der Waals surface area contributed by atoms with E-state index in [1.807, 2.05) is 54.6 Å². The van der Waals surface area contributed by atoms with Crippen molar-refractivity contribution < 1.29 is 9.59 Å². The van der Waals surface area contributed by atoms with E-state index in [0.29, 0.717) is 0 Å². The molecular weight excluding hydrogens is 278 g/mol. The van der Waals surface area contributed by atoms with Gasteiger partial charge in [-0.15, -0.1) is 0 Å². The third-order valence-corrected chi connectivity index (χ3v) is 3.86. The number of carbonyl (C=O) groups is 2. The van der Waals surface area contributed by atoms with E-state index in [0.717, 1.165) is 17.1 Å². The van der Waals surface area contributed by atoms with Crippen LogP contribution in [0.4, 0.5) is 17.1 Å². The van der Waals surface area contributed by atoms with Crippen molar-refractivity contribution in [3.05, 3.63) is 54.6 Å². The van der Waals surface area contributed by atoms with Crippen LogP contribution in [0.25, 0.3) is 0 Å². The van der Waals surface area contributed by atoms with Crippen LogP contribution in [0.5, 0.6) is 0 Å². The first-order valence-electron chi connectivity index (χ1n) is 7.05. The van der Waals surface area contributed by atoms with Crippen molar-refractivity contribution in [3.63, 3.8) is 0 Å². The fourth-order valence-corrected chi connectivity index (χ4v) is 2.56. The highest BCUT2D eigenvalue weighted by atomic mass is 16.2. The molecule has 0 radical (unpaired) electrons. The van der Waals surface area contributed by atoms with Crippen molar-refractivity contribution in [1.82, 2.24) is 0 Å². The zero-order valence-electron chi connectivity index (χ0n) is 12.5. The molecule has 0 aromatic heterocycles. The Morgan fingerprint density at radius 2 is 1.73 bits per heavy atom. The first-order chi connectivity index (χ1) is 10.6. The van der Waals surface area contributed by atoms with Crippen LogP contribution in [0, 0.1) is 0 Å². The van der Waals surface area contributed by atoms with Gasteiger partial charge in [0.15, 0.2) is 6.04 Å². The zero-order chi connectivity index (χ0) is 15.7. The number of nitrogens with zero attached hydrogens (tertiary/aromatic N) is 2. The molecule has 2 amide bonds. The fourth-order valence-electron chi connectivity index (χ4n) is 2.56. The molecule has 2 aromatic carbocycles. The number of fused-ring (bicyclic) bond motifs is 1. The molecule has 1 atom stereocenters. The first kappa shape index (κ1) is 14.1. The summed E-state index contributed by atoms with van der Waals surface area (Å²) in [6.45, 7) is 0. The van der Waals surface area contributed by atoms with E-state index in [4.69, 9.17) is 0 Å². The van der Waals surface area contributed by atoms with Gasteiger partial charge in [-0.2, -0.15) is 0 Å². The number of carbonyl (C=O) groups excluding carboxylic acids is 2. The van der Waals surface area contributed by atoms with Gasteiger partial charge in [0.1, 0.15) is 0 Å². The predicted octanol–water partition coefficient (Wildman–Crippen LogP) is 2.11. The highest BCUT2D eigenvalue weighted by Gasteiger charge is 2.36. The largest absolute Gasteiger partial charge is 0.364 e. The molecular formula is C17H17N3O2. The fraction of sp³-hybridized carbons (Fsp3) is 0.176. The number of para-hydroxylation sites is 3. The van der Waals surface area contributed by atoms with Gasteiger partial charge < -0.3 is 15.1 Å². The van der Waals surface area contributed by atoms with Crippen LogP contribution in [-0.2, 0) is 9.59 Å². The van der Waals surface area contributed by atoms with E-state index in [1.54, 1.807) is 14.1 Å². The summed E-state index contributed by atoms with van der Waals surface area (Å²) in [6, 6.07) is 15.8. The summed E-state index contributed by atoms with van der Waals surface area (Å²) in [7, 11) is 3.36. The van der Waals surface area contributed by atoms with E-state index in [-0.39, 0.29) is 11.8 Å². The molecule has 2 aromatic rings. The monoisotopic (exact) mass is 295 g/mol. The van der Waals surface area contributed by atoms with Crippen LogP contribution in [0.15, 0.2) is 54.6 Å². The molecule has 0 bridgehead atoms. The normalized spacial score (nSPS) is 16.7. The molecule has 1 N–H and O–H groups in total. The van der Waals surface area contributed by atoms with Gasteiger partial charge in [-0.05, 0) is 24.3 Å². The van der Waals surface area contributed by atoms with Crippen molar-refractivity contribution in [2.75, 3.05) is 29.2 Å². The molecule has 5 nitrogen and oxygen atoms in total. The zero-order valence-corrected chi connectivity index (χ0v) is 12.5. The van der Waals surface area contributed by atoms with Gasteiger partial charge in [0.2, 0.25) is 0 Å². The van der Waals surface area contributed by atoms with Crippen LogP contribution >= 0.6 is 0 Å². The van der Waals surface area contributed by atoms with E-state index in [9.17, 15) is 9.59 Å². The summed E-state index contributed by atoms with van der Waals surface area (Å²) >= 11 is 0. The maximum atomic E-state index is 12.7. The lowest BCUT2D eigenvalue weighted by Gasteiger charge is -2.34. The lowest BCUT2D eigenvalue weighted by molar-refractivity contribution is -0.127. The molecule has 112 valence electrons. The second-order valence-electron chi connectivity index (χ2n) is 5.22. The lowest BCUT2D eigenvalue weighted by atomic mass is 10.1. The summed E-state index contributed by atoms with van der Waals surface area (Å²) in [5, 5.41) is 3.05. The molecule has 1 aliphatic rings. The van der Waals surface area contributed by atoms with Crippen molar-refractivity contribution in [3.8, 4) is 0 Å². The van der Waals surface area contributed by atoms with Crippen LogP contribution in [0.2, 0.25) is 0 Å². The molecule has 1 heterocycles. The van der Waals surface area contributed by atoms with Crippen molar-refractivity contribution in [1.29, 1.82) is 0 Å². The molecule has 1 aliphatic heterocycles. The second-order valence-corrected chi connectivity index (χ2v) is 5.22. The molecule has 0 spiro atoms. The number of rotatable bonds is 2. The molecule has 0 saturated heterocycles. The van der Waals surface area contributed by atoms with Gasteiger partial charge in [0.25, 0.3) is 11.8 Å². The van der Waals surface area contributed by atoms with Crippen LogP contribution in [0.3, 0.4) is 0 Å². The molecule has 3 rings (SSSR count). The average Bonchev–Trinajstić information content (AvgIpc) is 2.57. The number of nitrogens with one attached hydrogen (secondary N) is 1. The smallest absolute Gasteiger partial charge is 0.259 e. The van der Waals surface area contributed by atoms with E-state index < -0.39 is 6.04 Å². The number of amides is 2. The Kier molecular flexibility index (Phi) is 3.55. The Morgan fingerprint density at radius 1 is 1.09 bits per heavy atom. The Hall–Kier alpha value is -2.82. The minimum absolute atomic E-state index is 0.258. The Balaban J connectivity index is 1.89. The second kappa shape index (κ2) is 5.52. The number of hydrogen-bond donors (Lipinski definition) is 1. The number of benzene rings is 2. The molecule has 0 fully saturated rings. The highest BCUT2D eigenvalue weighted by Crippen LogP contribution is 2.30. The maximum absolute atomic E-state index is 12.7. The van der Waals surface area contributed by atoms with Gasteiger partial charge in [-0.25, -0.2) is 0 Å². The summed E-state index contributed by atoms with van der Waals surface area (Å²) in [4.78, 5) is 28.2. The number of anilines is 3. The summed E-state index contributed by atoms with van der Waals surface area (Å²) in [5.41, 5.74) is 2.31. The van der Waals surface area contributed by atoms with Crippen LogP contribution in [0.1, 0.15) is 0 Å². The van der Waals surface area contributed by atoms with Crippen molar-refractivity contribution in [2.24, 2.45) is 0 Å². The quantitative estimate of drug-likeness (QED) is 0.863. The van der Waals surface area contributed by atoms with Gasteiger partial charge in [0.05, 0.1) is 11.4 Å². The molecule has 1 unspecified atom stereocenters. The van der Waals surface area contributed by atoms with Gasteiger partial charge in [0, 0.05) is 19.8 Å². The highest BCUT2D eigenvalue weighted by molar-refractivity contribution is 6.20. The minimum atomic E-state index is -0.912. The van der Waals surface area contributed by atoms with Crippen LogP contribution < -0.4 is 15.1 Å². The third-order valence-electron chi connectivity index (χ3n) is 3.86. The topological polar surface area (TPSA) is 52.7 Å². The maximum Gasteiger partial charge on any atom is 0.259 e. The first-order valence-corrected chi connectivity index (χ1v) is 7.05. The van der Waals surface area contributed by atoms with Crippen molar-refractivity contribution >= 4 is 28.9 Å². The minimum Gasteiger partial charge on any atom is -0.364 e. The molecule has 5 heteroatoms. The predicted molar refractivity (Wildman–Crippen MR) is 87.1 cm³/mol. The van der Waals surface area contributed by atoms with Gasteiger partial charge in [-0.1, -0.05) is 30.3 Å². The Morgan fingerprint density at radius 3 is 2.45 bits per heavy atom. The Labute approximate surface area is 129 Å². The van der Waals surface area contributed by atoms with E-state index in [1.165, 1.54) is 9.80 Å². The average molecular weight is 295 g/mol. The van der Waals surface area contributed by atoms with E-state index >= 15 is 0 Å². The summed E-state index contributed by atoms with van der Waals surface area (Å²) in [6.07, 6.45) is 0. The standard InChI is InChI=1S/C17H17N3O2/c1-19(12-8-4-3-5-9-12)16(21)15-17(22)20(2)14-11-7-6-10-13(14)18-15/h3-11,15,18H,1-2H3. The molecule has 0 saturated carbocycles. The lowest BCUT2D eigenvalue weighted by Crippen LogP contribution is -2.53. The number of hydrogen-bond acceptors (Lipinski definition) is 3. The SMILES string of the molecule is CN(C(=O)C1Nc2ccccc2N(C)C1=O)c1ccccc1. The van der Waals surface area contributed by atoms with Gasteiger partial charge >= 0.3 is 0 Å². The van der Waals surface area contributed by atoms with Crippen molar-refractivity contribution in [2.45, 2.75) is 6.04 Å². The molecule has 22 heavy (non-hydrogen) atoms. The summed E-state index contributed by atoms with van der Waals surface area (Å²) in [5.74, 6) is -0.538. The third kappa shape index (κ3) is 2.30. The summed E-state index contributed by atoms with van der Waals surface area (Å²) < 4.78 is 0. The Bertz CT molecular complexity index is 715. The number of likely N-dealkylation sites (N-methyl/N-ethyl adjacent to an activating group) is 2.